The van der Waals surface area contributed by atoms with Gasteiger partial charge in [0.05, 0.1) is 22.7 Å². The number of rotatable bonds is 1. The Kier molecular flexibility index (Phi) is 2.42. The maximum absolute atomic E-state index is 12.0. The number of para-hydroxylation sites is 1. The van der Waals surface area contributed by atoms with Gasteiger partial charge in [0.1, 0.15) is 5.82 Å². The van der Waals surface area contributed by atoms with Crippen LogP contribution in [-0.4, -0.2) is 15.3 Å². The molecule has 0 N–H and O–H groups in total. The van der Waals surface area contributed by atoms with Gasteiger partial charge in [0.25, 0.3) is 0 Å². The lowest BCUT2D eigenvalue weighted by molar-refractivity contribution is 0.0973. The molecule has 1 aromatic heterocycles. The van der Waals surface area contributed by atoms with Gasteiger partial charge in [0, 0.05) is 24.1 Å². The van der Waals surface area contributed by atoms with Crippen molar-refractivity contribution in [2.75, 3.05) is 0 Å². The van der Waals surface area contributed by atoms with Crippen LogP contribution in [0.2, 0.25) is 0 Å². The molecule has 3 aromatic rings. The SMILES string of the molecule is N#Cc1cccc(-c2nc3cccc4c3n2CCC4=O)c1. The molecule has 0 spiro atoms. The van der Waals surface area contributed by atoms with Gasteiger partial charge in [-0.3, -0.25) is 4.79 Å². The van der Waals surface area contributed by atoms with Crippen molar-refractivity contribution < 1.29 is 4.79 Å². The van der Waals surface area contributed by atoms with Crippen molar-refractivity contribution in [2.45, 2.75) is 13.0 Å². The minimum atomic E-state index is 0.172. The number of ketones is 1. The van der Waals surface area contributed by atoms with Crippen LogP contribution in [0.4, 0.5) is 0 Å². The quantitative estimate of drug-likeness (QED) is 0.684. The predicted molar refractivity (Wildman–Crippen MR) is 78.8 cm³/mol. The Labute approximate surface area is 121 Å². The van der Waals surface area contributed by atoms with Crippen molar-refractivity contribution in [3.63, 3.8) is 0 Å². The highest BCUT2D eigenvalue weighted by Crippen LogP contribution is 2.31. The minimum absolute atomic E-state index is 0.172. The van der Waals surface area contributed by atoms with E-state index in [0.29, 0.717) is 18.5 Å². The molecule has 2 aromatic carbocycles. The maximum Gasteiger partial charge on any atom is 0.166 e. The molecule has 0 radical (unpaired) electrons. The van der Waals surface area contributed by atoms with E-state index in [9.17, 15) is 4.79 Å². The fourth-order valence-electron chi connectivity index (χ4n) is 2.92. The number of benzene rings is 2. The summed E-state index contributed by atoms with van der Waals surface area (Å²) in [5, 5.41) is 9.04. The molecule has 1 aliphatic rings. The highest BCUT2D eigenvalue weighted by molar-refractivity contribution is 6.08. The van der Waals surface area contributed by atoms with Crippen molar-refractivity contribution in [3.05, 3.63) is 53.6 Å². The van der Waals surface area contributed by atoms with Crippen LogP contribution in [0, 0.1) is 11.3 Å². The number of carbonyl (C=O) groups excluding carboxylic acids is 1. The smallest absolute Gasteiger partial charge is 0.166 e. The number of aromatic nitrogens is 2. The second-order valence-electron chi connectivity index (χ2n) is 5.13. The highest BCUT2D eigenvalue weighted by atomic mass is 16.1. The first-order valence-electron chi connectivity index (χ1n) is 6.81. The number of nitrogens with zero attached hydrogens (tertiary/aromatic N) is 3. The molecule has 0 unspecified atom stereocenters. The van der Waals surface area contributed by atoms with E-state index in [-0.39, 0.29) is 5.78 Å². The van der Waals surface area contributed by atoms with E-state index >= 15 is 0 Å². The van der Waals surface area contributed by atoms with Crippen molar-refractivity contribution in [3.8, 4) is 17.5 Å². The molecule has 0 amide bonds. The van der Waals surface area contributed by atoms with Gasteiger partial charge in [-0.25, -0.2) is 4.98 Å². The number of aryl methyl sites for hydroxylation is 1. The average Bonchev–Trinajstić information content (AvgIpc) is 2.91. The van der Waals surface area contributed by atoms with Crippen LogP contribution in [0.15, 0.2) is 42.5 Å². The van der Waals surface area contributed by atoms with Crippen molar-refractivity contribution >= 4 is 16.8 Å². The van der Waals surface area contributed by atoms with Crippen LogP contribution in [0.25, 0.3) is 22.4 Å². The Morgan fingerprint density at radius 2 is 2.05 bits per heavy atom. The minimum Gasteiger partial charge on any atom is -0.323 e. The van der Waals surface area contributed by atoms with Crippen LogP contribution in [0.5, 0.6) is 0 Å². The van der Waals surface area contributed by atoms with E-state index in [1.165, 1.54) is 0 Å². The first kappa shape index (κ1) is 11.9. The third-order valence-electron chi connectivity index (χ3n) is 3.88. The van der Waals surface area contributed by atoms with E-state index < -0.39 is 0 Å². The maximum atomic E-state index is 12.0. The normalized spacial score (nSPS) is 13.4. The lowest BCUT2D eigenvalue weighted by Gasteiger charge is -2.15. The molecule has 0 saturated carbocycles. The molecule has 0 bridgehead atoms. The monoisotopic (exact) mass is 273 g/mol. The first-order chi connectivity index (χ1) is 10.3. The van der Waals surface area contributed by atoms with Gasteiger partial charge >= 0.3 is 0 Å². The third-order valence-corrected chi connectivity index (χ3v) is 3.88. The molecule has 4 nitrogen and oxygen atoms in total. The second-order valence-corrected chi connectivity index (χ2v) is 5.13. The van der Waals surface area contributed by atoms with Crippen molar-refractivity contribution in [2.24, 2.45) is 0 Å². The summed E-state index contributed by atoms with van der Waals surface area (Å²) in [6, 6.07) is 15.2. The molecule has 0 fully saturated rings. The van der Waals surface area contributed by atoms with Gasteiger partial charge in [-0.1, -0.05) is 18.2 Å². The molecule has 0 saturated heterocycles. The number of Topliss-reactive ketones (excluding diaryl/α,β-unsaturated/α-hetero) is 1. The zero-order valence-corrected chi connectivity index (χ0v) is 11.2. The van der Waals surface area contributed by atoms with Gasteiger partial charge in [-0.2, -0.15) is 5.26 Å². The lowest BCUT2D eigenvalue weighted by Crippen LogP contribution is -2.14. The highest BCUT2D eigenvalue weighted by Gasteiger charge is 2.23. The summed E-state index contributed by atoms with van der Waals surface area (Å²) in [6.07, 6.45) is 0.493. The predicted octanol–water partition coefficient (Wildman–Crippen LogP) is 3.16. The molecule has 2 heterocycles. The number of nitriles is 1. The summed E-state index contributed by atoms with van der Waals surface area (Å²) < 4.78 is 2.09. The van der Waals surface area contributed by atoms with E-state index in [0.717, 1.165) is 28.0 Å². The van der Waals surface area contributed by atoms with E-state index in [1.54, 1.807) is 6.07 Å². The Morgan fingerprint density at radius 1 is 1.19 bits per heavy atom. The lowest BCUT2D eigenvalue weighted by atomic mass is 10.0. The van der Waals surface area contributed by atoms with Crippen LogP contribution in [0.1, 0.15) is 22.3 Å². The van der Waals surface area contributed by atoms with Crippen molar-refractivity contribution in [1.82, 2.24) is 9.55 Å². The van der Waals surface area contributed by atoms with Gasteiger partial charge < -0.3 is 4.57 Å². The standard InChI is InChI=1S/C17H11N3O/c18-10-11-3-1-4-12(9-11)17-19-14-6-2-5-13-15(21)7-8-20(17)16(13)14/h1-6,9H,7-8H2. The van der Waals surface area contributed by atoms with E-state index in [1.807, 2.05) is 36.4 Å². The largest absolute Gasteiger partial charge is 0.323 e. The number of carbonyl (C=O) groups is 1. The summed E-state index contributed by atoms with van der Waals surface area (Å²) in [5.74, 6) is 0.993. The Morgan fingerprint density at radius 3 is 2.90 bits per heavy atom. The number of hydrogen-bond donors (Lipinski definition) is 0. The van der Waals surface area contributed by atoms with E-state index in [2.05, 4.69) is 15.6 Å². The van der Waals surface area contributed by atoms with Gasteiger partial charge in [-0.15, -0.1) is 0 Å². The van der Waals surface area contributed by atoms with Crippen LogP contribution in [0.3, 0.4) is 0 Å². The fraction of sp³-hybridized carbons (Fsp3) is 0.118. The summed E-state index contributed by atoms with van der Waals surface area (Å²) in [7, 11) is 0. The number of hydrogen-bond acceptors (Lipinski definition) is 3. The number of imidazole rings is 1. The molecule has 1 aliphatic heterocycles. The zero-order chi connectivity index (χ0) is 14.4. The summed E-state index contributed by atoms with van der Waals surface area (Å²) >= 11 is 0. The Hall–Kier alpha value is -2.93. The van der Waals surface area contributed by atoms with Crippen LogP contribution in [-0.2, 0) is 6.54 Å². The summed E-state index contributed by atoms with van der Waals surface area (Å²) in [5.41, 5.74) is 4.00. The van der Waals surface area contributed by atoms with Crippen molar-refractivity contribution in [1.29, 1.82) is 5.26 Å². The Balaban J connectivity index is 2.03. The average molecular weight is 273 g/mol. The third kappa shape index (κ3) is 1.68. The fourth-order valence-corrected chi connectivity index (χ4v) is 2.92. The molecular weight excluding hydrogens is 262 g/mol. The molecule has 0 atom stereocenters. The van der Waals surface area contributed by atoms with Crippen LogP contribution >= 0.6 is 0 Å². The summed E-state index contributed by atoms with van der Waals surface area (Å²) in [4.78, 5) is 16.7. The molecular formula is C17H11N3O. The van der Waals surface area contributed by atoms with E-state index in [4.69, 9.17) is 5.26 Å². The Bertz CT molecular complexity index is 931. The molecule has 4 rings (SSSR count). The molecule has 21 heavy (non-hydrogen) atoms. The summed E-state index contributed by atoms with van der Waals surface area (Å²) in [6.45, 7) is 0.637. The molecule has 100 valence electrons. The zero-order valence-electron chi connectivity index (χ0n) is 11.2. The first-order valence-corrected chi connectivity index (χ1v) is 6.81. The van der Waals surface area contributed by atoms with Gasteiger partial charge in [0.15, 0.2) is 5.78 Å². The van der Waals surface area contributed by atoms with Gasteiger partial charge in [-0.05, 0) is 24.3 Å². The van der Waals surface area contributed by atoms with Crippen LogP contribution < -0.4 is 0 Å². The molecule has 4 heteroatoms. The van der Waals surface area contributed by atoms with Gasteiger partial charge in [0.2, 0.25) is 0 Å². The second kappa shape index (κ2) is 4.29. The topological polar surface area (TPSA) is 58.7 Å². The molecule has 0 aliphatic carbocycles.